The van der Waals surface area contributed by atoms with Gasteiger partial charge in [0.1, 0.15) is 0 Å². The molecule has 8 heteroatoms. The van der Waals surface area contributed by atoms with Crippen molar-refractivity contribution in [3.05, 3.63) is 59.7 Å². The maximum Gasteiger partial charge on any atom is 0.261 e. The fraction of sp³-hybridized carbons (Fsp3) is 0.286. The average Bonchev–Trinajstić information content (AvgIpc) is 2.65. The van der Waals surface area contributed by atoms with Crippen LogP contribution in [-0.2, 0) is 14.8 Å². The Morgan fingerprint density at radius 2 is 1.52 bits per heavy atom. The number of hydrogen-bond acceptors (Lipinski definition) is 5. The number of nitrogens with one attached hydrogen (secondary N) is 2. The highest BCUT2D eigenvalue weighted by molar-refractivity contribution is 7.92. The van der Waals surface area contributed by atoms with Gasteiger partial charge in [0.15, 0.2) is 11.6 Å². The number of rotatable bonds is 7. The molecule has 2 aromatic carbocycles. The highest BCUT2D eigenvalue weighted by Gasteiger charge is 2.23. The van der Waals surface area contributed by atoms with Crippen LogP contribution in [-0.4, -0.2) is 32.4 Å². The van der Waals surface area contributed by atoms with Gasteiger partial charge in [-0.05, 0) is 31.2 Å². The summed E-state index contributed by atoms with van der Waals surface area (Å²) >= 11 is 0. The van der Waals surface area contributed by atoms with E-state index < -0.39 is 21.3 Å². The van der Waals surface area contributed by atoms with Crippen LogP contribution in [0.3, 0.4) is 0 Å². The molecular weight excluding hydrogens is 392 g/mol. The summed E-state index contributed by atoms with van der Waals surface area (Å²) in [4.78, 5) is 35.8. The molecule has 29 heavy (non-hydrogen) atoms. The van der Waals surface area contributed by atoms with Crippen molar-refractivity contribution in [2.45, 2.75) is 32.6 Å². The lowest BCUT2D eigenvalue weighted by atomic mass is 9.91. The molecule has 0 radical (unpaired) electrons. The minimum absolute atomic E-state index is 0.0411. The van der Waals surface area contributed by atoms with Gasteiger partial charge in [0.2, 0.25) is 0 Å². The lowest BCUT2D eigenvalue weighted by Gasteiger charge is -2.17. The first kappa shape index (κ1) is 22.3. The Balaban J connectivity index is 2.22. The Morgan fingerprint density at radius 3 is 2.07 bits per heavy atom. The predicted octanol–water partition coefficient (Wildman–Crippen LogP) is 3.04. The van der Waals surface area contributed by atoms with Crippen LogP contribution in [0.1, 0.15) is 48.4 Å². The molecule has 7 nitrogen and oxygen atoms in total. The molecule has 0 aliphatic rings. The van der Waals surface area contributed by atoms with Gasteiger partial charge in [0.25, 0.3) is 15.9 Å². The second-order valence-electron chi connectivity index (χ2n) is 7.59. The van der Waals surface area contributed by atoms with Crippen molar-refractivity contribution >= 4 is 33.2 Å². The standard InChI is InChI=1S/C21H24N2O5S/c1-14(24)15-9-11-16(12-10-15)29(27,28)23-18-8-6-5-7-17(18)20(26)22-13-19(25)21(2,3)4/h5-12,23H,13H2,1-4H3,(H,22,26). The van der Waals surface area contributed by atoms with Gasteiger partial charge in [-0.3, -0.25) is 19.1 Å². The second kappa shape index (κ2) is 8.57. The van der Waals surface area contributed by atoms with Crippen LogP contribution in [0.5, 0.6) is 0 Å². The Labute approximate surface area is 170 Å². The summed E-state index contributed by atoms with van der Waals surface area (Å²) in [6.07, 6.45) is 0. The van der Waals surface area contributed by atoms with Gasteiger partial charge in [-0.2, -0.15) is 0 Å². The minimum Gasteiger partial charge on any atom is -0.345 e. The number of benzene rings is 2. The molecule has 0 unspecified atom stereocenters. The molecule has 0 bridgehead atoms. The van der Waals surface area contributed by atoms with Crippen LogP contribution < -0.4 is 10.0 Å². The molecule has 0 atom stereocenters. The number of Topliss-reactive ketones (excluding diaryl/α,β-unsaturated/α-hetero) is 2. The van der Waals surface area contributed by atoms with Crippen molar-refractivity contribution in [2.24, 2.45) is 5.41 Å². The zero-order chi connectivity index (χ0) is 21.8. The fourth-order valence-corrected chi connectivity index (χ4v) is 3.44. The SMILES string of the molecule is CC(=O)c1ccc(S(=O)(=O)Nc2ccccc2C(=O)NCC(=O)C(C)(C)C)cc1. The Kier molecular flexibility index (Phi) is 6.58. The molecule has 2 N–H and O–H groups in total. The summed E-state index contributed by atoms with van der Waals surface area (Å²) in [7, 11) is -3.97. The molecule has 0 aliphatic carbocycles. The van der Waals surface area contributed by atoms with Crippen LogP contribution in [0.15, 0.2) is 53.4 Å². The zero-order valence-corrected chi connectivity index (χ0v) is 17.6. The maximum atomic E-state index is 12.7. The summed E-state index contributed by atoms with van der Waals surface area (Å²) < 4.78 is 27.7. The number of ketones is 2. The van der Waals surface area contributed by atoms with Gasteiger partial charge in [-0.15, -0.1) is 0 Å². The van der Waals surface area contributed by atoms with Crippen LogP contribution in [0.4, 0.5) is 5.69 Å². The van der Waals surface area contributed by atoms with Crippen LogP contribution in [0.2, 0.25) is 0 Å². The molecule has 2 rings (SSSR count). The number of hydrogen-bond donors (Lipinski definition) is 2. The first-order chi connectivity index (χ1) is 13.4. The summed E-state index contributed by atoms with van der Waals surface area (Å²) in [5.74, 6) is -0.879. The van der Waals surface area contributed by atoms with Crippen molar-refractivity contribution in [1.29, 1.82) is 0 Å². The first-order valence-electron chi connectivity index (χ1n) is 8.96. The zero-order valence-electron chi connectivity index (χ0n) is 16.8. The molecule has 0 aliphatic heterocycles. The van der Waals surface area contributed by atoms with E-state index in [0.29, 0.717) is 5.56 Å². The number of carbonyl (C=O) groups is 3. The van der Waals surface area contributed by atoms with E-state index in [1.165, 1.54) is 43.3 Å². The Hall–Kier alpha value is -3.00. The summed E-state index contributed by atoms with van der Waals surface area (Å²) in [6, 6.07) is 11.6. The van der Waals surface area contributed by atoms with E-state index >= 15 is 0 Å². The summed E-state index contributed by atoms with van der Waals surface area (Å²) in [5.41, 5.74) is -0.0188. The summed E-state index contributed by atoms with van der Waals surface area (Å²) in [5, 5.41) is 2.53. The van der Waals surface area contributed by atoms with E-state index in [2.05, 4.69) is 10.0 Å². The third kappa shape index (κ3) is 5.74. The van der Waals surface area contributed by atoms with Gasteiger partial charge >= 0.3 is 0 Å². The van der Waals surface area contributed by atoms with Gasteiger partial charge in [-0.1, -0.05) is 45.0 Å². The lowest BCUT2D eigenvalue weighted by Crippen LogP contribution is -2.35. The third-order valence-corrected chi connectivity index (χ3v) is 5.61. The molecule has 0 spiro atoms. The van der Waals surface area contributed by atoms with Crippen molar-refractivity contribution in [3.8, 4) is 0 Å². The molecular formula is C21H24N2O5S. The molecule has 1 amide bonds. The lowest BCUT2D eigenvalue weighted by molar-refractivity contribution is -0.125. The van der Waals surface area contributed by atoms with Crippen molar-refractivity contribution in [1.82, 2.24) is 5.32 Å². The van der Waals surface area contributed by atoms with Crippen molar-refractivity contribution in [2.75, 3.05) is 11.3 Å². The normalized spacial score (nSPS) is 11.6. The molecule has 0 fully saturated rings. The molecule has 154 valence electrons. The highest BCUT2D eigenvalue weighted by Crippen LogP contribution is 2.21. The molecule has 0 saturated carbocycles. The summed E-state index contributed by atoms with van der Waals surface area (Å²) in [6.45, 7) is 6.49. The van der Waals surface area contributed by atoms with E-state index in [9.17, 15) is 22.8 Å². The largest absolute Gasteiger partial charge is 0.345 e. The van der Waals surface area contributed by atoms with Gasteiger partial charge < -0.3 is 5.32 Å². The van der Waals surface area contributed by atoms with Crippen molar-refractivity contribution in [3.63, 3.8) is 0 Å². The quantitative estimate of drug-likeness (QED) is 0.674. The van der Waals surface area contributed by atoms with Gasteiger partial charge in [0.05, 0.1) is 22.7 Å². The van der Waals surface area contributed by atoms with E-state index in [-0.39, 0.29) is 34.3 Å². The first-order valence-corrected chi connectivity index (χ1v) is 10.4. The number of carbonyl (C=O) groups excluding carboxylic acids is 3. The molecule has 2 aromatic rings. The average molecular weight is 416 g/mol. The molecule has 0 heterocycles. The minimum atomic E-state index is -3.97. The topological polar surface area (TPSA) is 109 Å². The van der Waals surface area contributed by atoms with Crippen molar-refractivity contribution < 1.29 is 22.8 Å². The predicted molar refractivity (Wildman–Crippen MR) is 110 cm³/mol. The van der Waals surface area contributed by atoms with Crippen LogP contribution in [0.25, 0.3) is 0 Å². The molecule has 0 aromatic heterocycles. The Morgan fingerprint density at radius 1 is 0.931 bits per heavy atom. The molecule has 0 saturated heterocycles. The number of para-hydroxylation sites is 1. The number of amides is 1. The van der Waals surface area contributed by atoms with Crippen LogP contribution >= 0.6 is 0 Å². The maximum absolute atomic E-state index is 12.7. The highest BCUT2D eigenvalue weighted by atomic mass is 32.2. The number of anilines is 1. The number of sulfonamides is 1. The van der Waals surface area contributed by atoms with Gasteiger partial charge in [0, 0.05) is 11.0 Å². The van der Waals surface area contributed by atoms with E-state index in [1.807, 2.05) is 0 Å². The van der Waals surface area contributed by atoms with Crippen LogP contribution in [0, 0.1) is 5.41 Å². The Bertz CT molecular complexity index is 1040. The monoisotopic (exact) mass is 416 g/mol. The second-order valence-corrected chi connectivity index (χ2v) is 9.27. The smallest absolute Gasteiger partial charge is 0.261 e. The fourth-order valence-electron chi connectivity index (χ4n) is 2.36. The van der Waals surface area contributed by atoms with E-state index in [0.717, 1.165) is 0 Å². The van der Waals surface area contributed by atoms with E-state index in [4.69, 9.17) is 0 Å². The van der Waals surface area contributed by atoms with E-state index in [1.54, 1.807) is 32.9 Å². The third-order valence-electron chi connectivity index (χ3n) is 4.23. The van der Waals surface area contributed by atoms with Gasteiger partial charge in [-0.25, -0.2) is 8.42 Å².